The molecule has 0 fully saturated rings. The van der Waals surface area contributed by atoms with Gasteiger partial charge < -0.3 is 9.47 Å². The number of methoxy groups -OCH3 is 2. The topological polar surface area (TPSA) is 52.6 Å². The molecule has 1 aromatic rings. The maximum atomic E-state index is 12.8. The van der Waals surface area contributed by atoms with E-state index in [-0.39, 0.29) is 11.2 Å². The maximum Gasteiger partial charge on any atom is 0.324 e. The van der Waals surface area contributed by atoms with Crippen LogP contribution >= 0.6 is 0 Å². The molecule has 0 spiro atoms. The summed E-state index contributed by atoms with van der Waals surface area (Å²) < 4.78 is 10.6. The van der Waals surface area contributed by atoms with E-state index in [9.17, 15) is 9.59 Å². The first-order valence-electron chi connectivity index (χ1n) is 7.74. The third kappa shape index (κ3) is 3.03. The molecule has 1 atom stereocenters. The number of allylic oxidation sites excluding steroid dienone is 1. The van der Waals surface area contributed by atoms with Gasteiger partial charge in [0.15, 0.2) is 11.2 Å². The Bertz CT molecular complexity index is 652. The SMILES string of the molecule is COC(=O)C1(CCC(C)(C)C)C(OC)=CC(=O)c2ccccc21. The highest BCUT2D eigenvalue weighted by atomic mass is 16.5. The average molecular weight is 316 g/mol. The fourth-order valence-electron chi connectivity index (χ4n) is 3.06. The Labute approximate surface area is 137 Å². The Kier molecular flexibility index (Phi) is 4.64. The molecule has 2 rings (SSSR count). The van der Waals surface area contributed by atoms with E-state index in [2.05, 4.69) is 20.8 Å². The molecule has 1 aromatic carbocycles. The van der Waals surface area contributed by atoms with Gasteiger partial charge in [-0.25, -0.2) is 0 Å². The quantitative estimate of drug-likeness (QED) is 0.796. The van der Waals surface area contributed by atoms with Crippen LogP contribution in [0.15, 0.2) is 36.1 Å². The Morgan fingerprint density at radius 2 is 1.83 bits per heavy atom. The summed E-state index contributed by atoms with van der Waals surface area (Å²) in [7, 11) is 2.86. The first-order valence-corrected chi connectivity index (χ1v) is 7.74. The van der Waals surface area contributed by atoms with Crippen molar-refractivity contribution < 1.29 is 19.1 Å². The van der Waals surface area contributed by atoms with Crippen LogP contribution in [-0.4, -0.2) is 26.0 Å². The summed E-state index contributed by atoms with van der Waals surface area (Å²) in [6.07, 6.45) is 2.72. The number of ether oxygens (including phenoxy) is 2. The summed E-state index contributed by atoms with van der Waals surface area (Å²) in [5.41, 5.74) is 0.172. The molecule has 0 radical (unpaired) electrons. The van der Waals surface area contributed by atoms with Crippen LogP contribution in [0.3, 0.4) is 0 Å². The Morgan fingerprint density at radius 1 is 1.17 bits per heavy atom. The second-order valence-corrected chi connectivity index (χ2v) is 7.08. The molecule has 0 amide bonds. The van der Waals surface area contributed by atoms with Crippen LogP contribution in [0.5, 0.6) is 0 Å². The van der Waals surface area contributed by atoms with E-state index in [0.717, 1.165) is 6.42 Å². The monoisotopic (exact) mass is 316 g/mol. The molecule has 0 bridgehead atoms. The highest BCUT2D eigenvalue weighted by Crippen LogP contribution is 2.45. The fourth-order valence-corrected chi connectivity index (χ4v) is 3.06. The van der Waals surface area contributed by atoms with Crippen molar-refractivity contribution in [3.05, 3.63) is 47.2 Å². The molecule has 124 valence electrons. The maximum absolute atomic E-state index is 12.8. The third-order valence-corrected chi connectivity index (χ3v) is 4.34. The lowest BCUT2D eigenvalue weighted by Crippen LogP contribution is -2.44. The molecule has 23 heavy (non-hydrogen) atoms. The summed E-state index contributed by atoms with van der Waals surface area (Å²) in [5.74, 6) is -0.181. The molecule has 0 N–H and O–H groups in total. The van der Waals surface area contributed by atoms with E-state index >= 15 is 0 Å². The van der Waals surface area contributed by atoms with Crippen molar-refractivity contribution in [1.29, 1.82) is 0 Å². The normalized spacial score (nSPS) is 20.6. The van der Waals surface area contributed by atoms with Gasteiger partial charge in [0.25, 0.3) is 0 Å². The van der Waals surface area contributed by atoms with E-state index in [1.54, 1.807) is 12.1 Å². The largest absolute Gasteiger partial charge is 0.499 e. The van der Waals surface area contributed by atoms with Crippen molar-refractivity contribution in [2.75, 3.05) is 14.2 Å². The van der Waals surface area contributed by atoms with Crippen molar-refractivity contribution >= 4 is 11.8 Å². The highest BCUT2D eigenvalue weighted by molar-refractivity contribution is 6.10. The van der Waals surface area contributed by atoms with Gasteiger partial charge in [-0.15, -0.1) is 0 Å². The minimum Gasteiger partial charge on any atom is -0.499 e. The minimum atomic E-state index is -1.07. The van der Waals surface area contributed by atoms with Gasteiger partial charge in [-0.1, -0.05) is 45.0 Å². The van der Waals surface area contributed by atoms with E-state index < -0.39 is 11.4 Å². The molecule has 0 saturated heterocycles. The van der Waals surface area contributed by atoms with Crippen molar-refractivity contribution in [1.82, 2.24) is 0 Å². The van der Waals surface area contributed by atoms with Gasteiger partial charge in [-0.05, 0) is 23.8 Å². The second-order valence-electron chi connectivity index (χ2n) is 7.08. The summed E-state index contributed by atoms with van der Waals surface area (Å²) >= 11 is 0. The molecule has 0 saturated carbocycles. The lowest BCUT2D eigenvalue weighted by atomic mass is 9.67. The van der Waals surface area contributed by atoms with Crippen LogP contribution in [0.1, 0.15) is 49.5 Å². The zero-order valence-corrected chi connectivity index (χ0v) is 14.4. The molecule has 0 aromatic heterocycles. The van der Waals surface area contributed by atoms with Gasteiger partial charge >= 0.3 is 5.97 Å². The first-order chi connectivity index (χ1) is 10.8. The zero-order valence-electron chi connectivity index (χ0n) is 14.4. The Hall–Kier alpha value is -2.10. The van der Waals surface area contributed by atoms with Gasteiger partial charge in [0.05, 0.1) is 14.2 Å². The summed E-state index contributed by atoms with van der Waals surface area (Å²) in [6.45, 7) is 6.36. The Morgan fingerprint density at radius 3 is 2.39 bits per heavy atom. The van der Waals surface area contributed by atoms with Crippen LogP contribution in [0.4, 0.5) is 0 Å². The van der Waals surface area contributed by atoms with Crippen LogP contribution in [-0.2, 0) is 19.7 Å². The van der Waals surface area contributed by atoms with E-state index in [0.29, 0.717) is 23.3 Å². The molecule has 1 aliphatic carbocycles. The summed E-state index contributed by atoms with van der Waals surface area (Å²) in [6, 6.07) is 7.20. The molecular weight excluding hydrogens is 292 g/mol. The number of hydrogen-bond donors (Lipinski definition) is 0. The predicted molar refractivity (Wildman–Crippen MR) is 88.2 cm³/mol. The minimum absolute atomic E-state index is 0.0380. The van der Waals surface area contributed by atoms with Crippen molar-refractivity contribution in [2.24, 2.45) is 5.41 Å². The number of carbonyl (C=O) groups is 2. The van der Waals surface area contributed by atoms with Gasteiger partial charge in [0.1, 0.15) is 5.76 Å². The van der Waals surface area contributed by atoms with Crippen molar-refractivity contribution in [3.63, 3.8) is 0 Å². The van der Waals surface area contributed by atoms with E-state index in [4.69, 9.17) is 9.47 Å². The molecule has 0 heterocycles. The van der Waals surface area contributed by atoms with Gasteiger partial charge in [-0.3, -0.25) is 9.59 Å². The number of hydrogen-bond acceptors (Lipinski definition) is 4. The molecule has 1 aliphatic rings. The Balaban J connectivity index is 2.67. The summed E-state index contributed by atoms with van der Waals surface area (Å²) in [4.78, 5) is 25.1. The molecule has 4 heteroatoms. The highest BCUT2D eigenvalue weighted by Gasteiger charge is 2.50. The van der Waals surface area contributed by atoms with Crippen LogP contribution in [0.25, 0.3) is 0 Å². The van der Waals surface area contributed by atoms with E-state index in [1.807, 2.05) is 12.1 Å². The lowest BCUT2D eigenvalue weighted by Gasteiger charge is -2.37. The van der Waals surface area contributed by atoms with Gasteiger partial charge in [0, 0.05) is 11.6 Å². The summed E-state index contributed by atoms with van der Waals surface area (Å²) in [5, 5.41) is 0. The van der Waals surface area contributed by atoms with Gasteiger partial charge in [0.2, 0.25) is 0 Å². The number of benzene rings is 1. The fraction of sp³-hybridized carbons (Fsp3) is 0.474. The number of rotatable bonds is 4. The van der Waals surface area contributed by atoms with E-state index in [1.165, 1.54) is 20.3 Å². The molecule has 0 aliphatic heterocycles. The van der Waals surface area contributed by atoms with Crippen LogP contribution in [0, 0.1) is 5.41 Å². The lowest BCUT2D eigenvalue weighted by molar-refractivity contribution is -0.148. The third-order valence-electron chi connectivity index (χ3n) is 4.34. The standard InChI is InChI=1S/C19H24O4/c1-18(2,3)10-11-19(17(21)23-5)14-9-7-6-8-13(14)15(20)12-16(19)22-4/h6-9,12H,10-11H2,1-5H3. The zero-order chi connectivity index (χ0) is 17.3. The van der Waals surface area contributed by atoms with Crippen molar-refractivity contribution in [3.8, 4) is 0 Å². The number of esters is 1. The number of ketones is 1. The second kappa shape index (κ2) is 6.19. The number of carbonyl (C=O) groups excluding carboxylic acids is 2. The smallest absolute Gasteiger partial charge is 0.324 e. The number of fused-ring (bicyclic) bond motifs is 1. The molecular formula is C19H24O4. The van der Waals surface area contributed by atoms with Crippen LogP contribution in [0.2, 0.25) is 0 Å². The molecule has 4 nitrogen and oxygen atoms in total. The average Bonchev–Trinajstić information content (AvgIpc) is 2.52. The van der Waals surface area contributed by atoms with Crippen molar-refractivity contribution in [2.45, 2.75) is 39.0 Å². The first kappa shape index (κ1) is 17.3. The predicted octanol–water partition coefficient (Wildman–Crippen LogP) is 3.65. The van der Waals surface area contributed by atoms with Gasteiger partial charge in [-0.2, -0.15) is 0 Å². The van der Waals surface area contributed by atoms with Crippen LogP contribution < -0.4 is 0 Å². The molecule has 1 unspecified atom stereocenters.